The highest BCUT2D eigenvalue weighted by molar-refractivity contribution is 6.68. The molecule has 4 atom stereocenters. The number of benzene rings is 1. The molecule has 2 aliphatic heterocycles. The second kappa shape index (κ2) is 14.1. The third-order valence-corrected chi connectivity index (χ3v) is 9.48. The average molecular weight is 708 g/mol. The summed E-state index contributed by atoms with van der Waals surface area (Å²) in [6.07, 6.45) is 4.44. The van der Waals surface area contributed by atoms with Crippen LogP contribution in [0.5, 0.6) is 5.75 Å². The molecule has 2 amide bonds. The number of carbonyl (C=O) groups excluding carboxylic acids is 3. The molecule has 0 radical (unpaired) electrons. The fraction of sp³-hybridized carbons (Fsp3) is 0.516. The molecular formula is C31H35Cl4FN2O7. The summed E-state index contributed by atoms with van der Waals surface area (Å²) in [6.45, 7) is 6.65. The van der Waals surface area contributed by atoms with E-state index in [4.69, 9.17) is 65.4 Å². The fourth-order valence-electron chi connectivity index (χ4n) is 5.34. The van der Waals surface area contributed by atoms with Gasteiger partial charge in [0.25, 0.3) is 0 Å². The topological polar surface area (TPSA) is 94.6 Å². The van der Waals surface area contributed by atoms with Crippen molar-refractivity contribution in [2.45, 2.75) is 66.8 Å². The normalized spacial score (nSPS) is 24.9. The van der Waals surface area contributed by atoms with Gasteiger partial charge in [-0.15, -0.1) is 0 Å². The van der Waals surface area contributed by atoms with Gasteiger partial charge in [-0.25, -0.2) is 14.0 Å². The molecule has 4 rings (SSSR count). The average Bonchev–Trinajstić information content (AvgIpc) is 2.94. The molecule has 1 aromatic carbocycles. The van der Waals surface area contributed by atoms with Gasteiger partial charge in [-0.3, -0.25) is 9.69 Å². The summed E-state index contributed by atoms with van der Waals surface area (Å²) in [5.41, 5.74) is 0.118. The Balaban J connectivity index is 1.58. The maximum absolute atomic E-state index is 14.3. The second-order valence-electron chi connectivity index (χ2n) is 11.3. The predicted molar refractivity (Wildman–Crippen MR) is 170 cm³/mol. The van der Waals surface area contributed by atoms with Crippen molar-refractivity contribution < 1.29 is 37.7 Å². The number of nitrogens with zero attached hydrogens (tertiary/aromatic N) is 2. The second-order valence-corrected chi connectivity index (χ2v) is 14.1. The lowest BCUT2D eigenvalue weighted by Gasteiger charge is -2.50. The minimum atomic E-state index is -2.12. The number of esters is 1. The van der Waals surface area contributed by atoms with E-state index in [-0.39, 0.29) is 50.8 Å². The van der Waals surface area contributed by atoms with Crippen LogP contribution in [0.2, 0.25) is 0 Å². The quantitative estimate of drug-likeness (QED) is 0.167. The van der Waals surface area contributed by atoms with Gasteiger partial charge in [0.05, 0.1) is 30.9 Å². The maximum Gasteiger partial charge on any atom is 0.411 e. The monoisotopic (exact) mass is 706 g/mol. The lowest BCUT2D eigenvalue weighted by atomic mass is 9.82. The van der Waals surface area contributed by atoms with Gasteiger partial charge >= 0.3 is 12.1 Å². The molecule has 1 aromatic rings. The van der Waals surface area contributed by atoms with E-state index in [1.54, 1.807) is 42.2 Å². The van der Waals surface area contributed by atoms with E-state index < -0.39 is 44.8 Å². The minimum Gasteiger partial charge on any atom is -0.491 e. The maximum atomic E-state index is 14.3. The number of hydrogen-bond donors (Lipinski definition) is 0. The molecular weight excluding hydrogens is 673 g/mol. The first-order valence-electron chi connectivity index (χ1n) is 14.4. The first-order valence-corrected chi connectivity index (χ1v) is 15.9. The standard InChI is InChI=1S/C31H35Cl4FN2O7/c1-5-42-27(40)26-23(20-9-11-22(12-10-20)43-14-15-44-25-8-6-7-13-30(25,32)36)16-21-17-37(19(2)39)18-24(26)38(21)28(41)45-29(3,4)31(33,34)35/h6-13,21,24-25H,5,14-18H2,1-4H3. The summed E-state index contributed by atoms with van der Waals surface area (Å²) in [5.74, 6) is -0.293. The molecule has 14 heteroatoms. The number of piperazine rings is 1. The number of carbonyl (C=O) groups is 3. The summed E-state index contributed by atoms with van der Waals surface area (Å²) in [5, 5.41) is -2.12. The van der Waals surface area contributed by atoms with Gasteiger partial charge in [0.15, 0.2) is 5.60 Å². The molecule has 0 spiro atoms. The number of allylic oxidation sites excluding steroid dienone is 2. The van der Waals surface area contributed by atoms with E-state index >= 15 is 0 Å². The molecule has 0 N–H and O–H groups in total. The van der Waals surface area contributed by atoms with Crippen molar-refractivity contribution in [3.05, 3.63) is 59.7 Å². The van der Waals surface area contributed by atoms with Crippen LogP contribution in [0.25, 0.3) is 5.57 Å². The van der Waals surface area contributed by atoms with E-state index in [9.17, 15) is 18.8 Å². The van der Waals surface area contributed by atoms with Gasteiger partial charge in [0, 0.05) is 20.0 Å². The van der Waals surface area contributed by atoms with Crippen molar-refractivity contribution in [1.82, 2.24) is 9.80 Å². The van der Waals surface area contributed by atoms with Crippen molar-refractivity contribution >= 4 is 69.9 Å². The zero-order valence-corrected chi connectivity index (χ0v) is 28.3. The van der Waals surface area contributed by atoms with Crippen LogP contribution >= 0.6 is 46.4 Å². The van der Waals surface area contributed by atoms with Crippen molar-refractivity contribution in [2.75, 3.05) is 32.9 Å². The third kappa shape index (κ3) is 8.08. The highest BCUT2D eigenvalue weighted by Crippen LogP contribution is 2.43. The Labute approximate surface area is 281 Å². The van der Waals surface area contributed by atoms with Crippen molar-refractivity contribution in [3.63, 3.8) is 0 Å². The number of hydrogen-bond acceptors (Lipinski definition) is 7. The Hall–Kier alpha value is -2.50. The summed E-state index contributed by atoms with van der Waals surface area (Å²) in [6, 6.07) is 5.64. The molecule has 0 aromatic heterocycles. The minimum absolute atomic E-state index is 0.0441. The number of rotatable bonds is 9. The highest BCUT2D eigenvalue weighted by atomic mass is 35.6. The van der Waals surface area contributed by atoms with Crippen molar-refractivity contribution in [2.24, 2.45) is 0 Å². The molecule has 2 heterocycles. The molecule has 4 unspecified atom stereocenters. The molecule has 9 nitrogen and oxygen atoms in total. The summed E-state index contributed by atoms with van der Waals surface area (Å²) in [7, 11) is 0. The smallest absolute Gasteiger partial charge is 0.411 e. The molecule has 2 bridgehead atoms. The molecule has 3 aliphatic rings. The number of ether oxygens (including phenoxy) is 4. The van der Waals surface area contributed by atoms with Crippen LogP contribution in [0.1, 0.15) is 39.7 Å². The summed E-state index contributed by atoms with van der Waals surface area (Å²) < 4.78 is 34.8. The molecule has 45 heavy (non-hydrogen) atoms. The third-order valence-electron chi connectivity index (χ3n) is 7.78. The first kappa shape index (κ1) is 35.4. The van der Waals surface area contributed by atoms with Gasteiger partial charge < -0.3 is 23.8 Å². The molecule has 246 valence electrons. The first-order chi connectivity index (χ1) is 21.1. The Morgan fingerprint density at radius 1 is 1.07 bits per heavy atom. The lowest BCUT2D eigenvalue weighted by molar-refractivity contribution is -0.142. The lowest BCUT2D eigenvalue weighted by Crippen LogP contribution is -2.65. The van der Waals surface area contributed by atoms with Crippen LogP contribution in [0, 0.1) is 0 Å². The Morgan fingerprint density at radius 2 is 1.76 bits per heavy atom. The van der Waals surface area contributed by atoms with E-state index in [1.807, 2.05) is 0 Å². The van der Waals surface area contributed by atoms with E-state index in [2.05, 4.69) is 0 Å². The van der Waals surface area contributed by atoms with Gasteiger partial charge in [-0.05, 0) is 56.5 Å². The van der Waals surface area contributed by atoms with Crippen LogP contribution < -0.4 is 4.74 Å². The number of amides is 2. The van der Waals surface area contributed by atoms with Gasteiger partial charge in [0.2, 0.25) is 14.8 Å². The van der Waals surface area contributed by atoms with Crippen LogP contribution in [0.15, 0.2) is 54.1 Å². The van der Waals surface area contributed by atoms with Crippen LogP contribution in [-0.2, 0) is 23.8 Å². The van der Waals surface area contributed by atoms with Crippen LogP contribution in [0.4, 0.5) is 9.18 Å². The van der Waals surface area contributed by atoms with Gasteiger partial charge in [-0.1, -0.05) is 76.8 Å². The van der Waals surface area contributed by atoms with E-state index in [0.29, 0.717) is 16.9 Å². The summed E-state index contributed by atoms with van der Waals surface area (Å²) >= 11 is 24.1. The zero-order valence-electron chi connectivity index (χ0n) is 25.2. The van der Waals surface area contributed by atoms with Gasteiger partial charge in [-0.2, -0.15) is 0 Å². The van der Waals surface area contributed by atoms with Crippen molar-refractivity contribution in [1.29, 1.82) is 0 Å². The predicted octanol–water partition coefficient (Wildman–Crippen LogP) is 6.39. The highest BCUT2D eigenvalue weighted by Gasteiger charge is 2.51. The van der Waals surface area contributed by atoms with E-state index in [0.717, 1.165) is 0 Å². The Morgan fingerprint density at radius 3 is 2.36 bits per heavy atom. The SMILES string of the molecule is CCOC(=O)C1=C(c2ccc(OCCOC3C=CC=CC3(F)Cl)cc2)CC2CN(C(C)=O)CC1N2C(=O)OC(C)(C)C(Cl)(Cl)Cl. The van der Waals surface area contributed by atoms with Gasteiger partial charge in [0.1, 0.15) is 18.5 Å². The van der Waals surface area contributed by atoms with Crippen molar-refractivity contribution in [3.8, 4) is 5.75 Å². The Kier molecular flexibility index (Phi) is 11.1. The number of fused-ring (bicyclic) bond motifs is 2. The fourth-order valence-corrected chi connectivity index (χ4v) is 5.66. The molecule has 1 fully saturated rings. The summed E-state index contributed by atoms with van der Waals surface area (Å²) in [4.78, 5) is 42.6. The molecule has 0 saturated carbocycles. The van der Waals surface area contributed by atoms with E-state index in [1.165, 1.54) is 43.9 Å². The molecule has 1 aliphatic carbocycles. The molecule has 1 saturated heterocycles. The Bertz CT molecular complexity index is 1370. The number of halogens is 5. The largest absolute Gasteiger partial charge is 0.491 e. The zero-order chi connectivity index (χ0) is 33.2. The van der Waals surface area contributed by atoms with Crippen LogP contribution in [0.3, 0.4) is 0 Å². The van der Waals surface area contributed by atoms with Crippen LogP contribution in [-0.4, -0.2) is 93.4 Å². The number of alkyl halides is 5.